The summed E-state index contributed by atoms with van der Waals surface area (Å²) >= 11 is 0. The van der Waals surface area contributed by atoms with Crippen molar-refractivity contribution in [2.24, 2.45) is 5.41 Å². The summed E-state index contributed by atoms with van der Waals surface area (Å²) in [5.41, 5.74) is 1.75. The molecule has 1 atom stereocenters. The highest BCUT2D eigenvalue weighted by atomic mass is 15.1. The number of likely N-dealkylation sites (N-methyl/N-ethyl adjacent to an activating group) is 1. The summed E-state index contributed by atoms with van der Waals surface area (Å²) < 4.78 is 0. The van der Waals surface area contributed by atoms with E-state index in [2.05, 4.69) is 75.4 Å². The fraction of sp³-hybridized carbons (Fsp3) is 0.647. The van der Waals surface area contributed by atoms with Crippen molar-refractivity contribution in [3.05, 3.63) is 35.9 Å². The lowest BCUT2D eigenvalue weighted by Crippen LogP contribution is -2.40. The van der Waals surface area contributed by atoms with E-state index in [1.54, 1.807) is 0 Å². The minimum Gasteiger partial charge on any atom is -0.316 e. The molecule has 0 fully saturated rings. The van der Waals surface area contributed by atoms with E-state index in [1.807, 2.05) is 0 Å². The molecule has 0 radical (unpaired) electrons. The summed E-state index contributed by atoms with van der Waals surface area (Å²) in [7, 11) is 4.29. The monoisotopic (exact) mass is 262 g/mol. The summed E-state index contributed by atoms with van der Waals surface area (Å²) in [5.74, 6) is 0. The largest absolute Gasteiger partial charge is 0.316 e. The Morgan fingerprint density at radius 1 is 1.11 bits per heavy atom. The fourth-order valence-electron chi connectivity index (χ4n) is 2.44. The van der Waals surface area contributed by atoms with Gasteiger partial charge in [0.2, 0.25) is 0 Å². The second-order valence-corrected chi connectivity index (χ2v) is 6.53. The van der Waals surface area contributed by atoms with Crippen molar-refractivity contribution in [2.45, 2.75) is 39.7 Å². The van der Waals surface area contributed by atoms with Crippen molar-refractivity contribution in [1.29, 1.82) is 0 Å². The lowest BCUT2D eigenvalue weighted by atomic mass is 9.85. The molecule has 1 aromatic carbocycles. The molecule has 0 aliphatic heterocycles. The topological polar surface area (TPSA) is 15.3 Å². The molecule has 1 aromatic rings. The highest BCUT2D eigenvalue weighted by Crippen LogP contribution is 2.21. The molecule has 0 spiro atoms. The van der Waals surface area contributed by atoms with Gasteiger partial charge in [0.05, 0.1) is 0 Å². The molecule has 1 N–H and O–H groups in total. The number of nitrogens with zero attached hydrogens (tertiary/aromatic N) is 1. The number of hydrogen-bond donors (Lipinski definition) is 1. The Hall–Kier alpha value is -0.860. The maximum Gasteiger partial charge on any atom is 0.0125 e. The maximum absolute atomic E-state index is 3.44. The molecule has 2 heteroatoms. The zero-order chi connectivity index (χ0) is 14.3. The van der Waals surface area contributed by atoms with Crippen molar-refractivity contribution in [2.75, 3.05) is 27.2 Å². The Morgan fingerprint density at radius 2 is 1.74 bits per heavy atom. The SMILES string of the molecule is CNC(CCN(C)CCc1ccccc1)C(C)(C)C. The van der Waals surface area contributed by atoms with E-state index in [-0.39, 0.29) is 0 Å². The standard InChI is InChI=1S/C17H30N2/c1-17(2,3)16(18-4)12-14-19(5)13-11-15-9-7-6-8-10-15/h6-10,16,18H,11-14H2,1-5H3. The first-order valence-corrected chi connectivity index (χ1v) is 7.33. The summed E-state index contributed by atoms with van der Waals surface area (Å²) in [4.78, 5) is 2.43. The number of benzene rings is 1. The van der Waals surface area contributed by atoms with Crippen LogP contribution in [0.5, 0.6) is 0 Å². The van der Waals surface area contributed by atoms with Crippen LogP contribution < -0.4 is 5.32 Å². The zero-order valence-corrected chi connectivity index (χ0v) is 13.2. The van der Waals surface area contributed by atoms with Crippen molar-refractivity contribution in [3.63, 3.8) is 0 Å². The van der Waals surface area contributed by atoms with Gasteiger partial charge < -0.3 is 10.2 Å². The van der Waals surface area contributed by atoms with Crippen molar-refractivity contribution < 1.29 is 0 Å². The van der Waals surface area contributed by atoms with Crippen LogP contribution in [0.25, 0.3) is 0 Å². The Morgan fingerprint density at radius 3 is 2.26 bits per heavy atom. The predicted octanol–water partition coefficient (Wildman–Crippen LogP) is 3.19. The Labute approximate surface area is 119 Å². The van der Waals surface area contributed by atoms with Crippen molar-refractivity contribution >= 4 is 0 Å². The van der Waals surface area contributed by atoms with Crippen LogP contribution in [0.2, 0.25) is 0 Å². The normalized spacial score (nSPS) is 13.8. The van der Waals surface area contributed by atoms with E-state index in [0.717, 1.165) is 19.5 Å². The number of rotatable bonds is 7. The van der Waals surface area contributed by atoms with Gasteiger partial charge in [-0.15, -0.1) is 0 Å². The predicted molar refractivity (Wildman–Crippen MR) is 84.6 cm³/mol. The van der Waals surface area contributed by atoms with Gasteiger partial charge in [0.1, 0.15) is 0 Å². The lowest BCUT2D eigenvalue weighted by Gasteiger charge is -2.32. The highest BCUT2D eigenvalue weighted by Gasteiger charge is 2.22. The molecule has 0 aliphatic rings. The molecule has 0 bridgehead atoms. The molecule has 1 unspecified atom stereocenters. The van der Waals surface area contributed by atoms with Gasteiger partial charge in [0, 0.05) is 12.6 Å². The van der Waals surface area contributed by atoms with Crippen LogP contribution in [0.4, 0.5) is 0 Å². The molecule has 0 saturated carbocycles. The quantitative estimate of drug-likeness (QED) is 0.812. The minimum absolute atomic E-state index is 0.328. The first-order valence-electron chi connectivity index (χ1n) is 7.33. The molecular formula is C17H30N2. The molecule has 19 heavy (non-hydrogen) atoms. The third-order valence-corrected chi connectivity index (χ3v) is 3.82. The van der Waals surface area contributed by atoms with Gasteiger partial charge in [-0.1, -0.05) is 51.1 Å². The summed E-state index contributed by atoms with van der Waals surface area (Å²) in [6.45, 7) is 9.19. The average Bonchev–Trinajstić information content (AvgIpc) is 2.36. The first kappa shape index (κ1) is 16.2. The van der Waals surface area contributed by atoms with E-state index in [4.69, 9.17) is 0 Å². The Kier molecular flexibility index (Phi) is 6.53. The summed E-state index contributed by atoms with van der Waals surface area (Å²) in [6, 6.07) is 11.3. The Bertz CT molecular complexity index is 340. The summed E-state index contributed by atoms with van der Waals surface area (Å²) in [6.07, 6.45) is 2.34. The van der Waals surface area contributed by atoms with E-state index in [9.17, 15) is 0 Å². The van der Waals surface area contributed by atoms with Gasteiger partial charge in [0.25, 0.3) is 0 Å². The highest BCUT2D eigenvalue weighted by molar-refractivity contribution is 5.14. The zero-order valence-electron chi connectivity index (χ0n) is 13.2. The van der Waals surface area contributed by atoms with Gasteiger partial charge in [-0.25, -0.2) is 0 Å². The van der Waals surface area contributed by atoms with Crippen LogP contribution in [-0.4, -0.2) is 38.1 Å². The van der Waals surface area contributed by atoms with Crippen LogP contribution in [0.1, 0.15) is 32.8 Å². The number of hydrogen-bond acceptors (Lipinski definition) is 2. The summed E-state index contributed by atoms with van der Waals surface area (Å²) in [5, 5.41) is 3.44. The van der Waals surface area contributed by atoms with Crippen LogP contribution in [0, 0.1) is 5.41 Å². The van der Waals surface area contributed by atoms with Crippen LogP contribution in [-0.2, 0) is 6.42 Å². The molecule has 0 saturated heterocycles. The average molecular weight is 262 g/mol. The number of nitrogens with one attached hydrogen (secondary N) is 1. The molecule has 0 aromatic heterocycles. The third-order valence-electron chi connectivity index (χ3n) is 3.82. The van der Waals surface area contributed by atoms with Gasteiger partial charge in [-0.05, 0) is 44.5 Å². The third kappa shape index (κ3) is 6.22. The molecular weight excluding hydrogens is 232 g/mol. The van der Waals surface area contributed by atoms with E-state index >= 15 is 0 Å². The fourth-order valence-corrected chi connectivity index (χ4v) is 2.44. The second-order valence-electron chi connectivity index (χ2n) is 6.53. The van der Waals surface area contributed by atoms with Crippen molar-refractivity contribution in [1.82, 2.24) is 10.2 Å². The van der Waals surface area contributed by atoms with Crippen LogP contribution >= 0.6 is 0 Å². The van der Waals surface area contributed by atoms with Crippen LogP contribution in [0.15, 0.2) is 30.3 Å². The molecule has 1 rings (SSSR count). The lowest BCUT2D eigenvalue weighted by molar-refractivity contribution is 0.231. The second kappa shape index (κ2) is 7.66. The van der Waals surface area contributed by atoms with Crippen LogP contribution in [0.3, 0.4) is 0 Å². The molecule has 0 aliphatic carbocycles. The van der Waals surface area contributed by atoms with Gasteiger partial charge >= 0.3 is 0 Å². The minimum atomic E-state index is 0.328. The Balaban J connectivity index is 2.30. The van der Waals surface area contributed by atoms with E-state index in [1.165, 1.54) is 12.0 Å². The van der Waals surface area contributed by atoms with Crippen molar-refractivity contribution in [3.8, 4) is 0 Å². The van der Waals surface area contributed by atoms with Gasteiger partial charge in [0.15, 0.2) is 0 Å². The molecule has 108 valence electrons. The first-order chi connectivity index (χ1) is 8.93. The van der Waals surface area contributed by atoms with Gasteiger partial charge in [-0.3, -0.25) is 0 Å². The van der Waals surface area contributed by atoms with Gasteiger partial charge in [-0.2, -0.15) is 0 Å². The smallest absolute Gasteiger partial charge is 0.0125 e. The van der Waals surface area contributed by atoms with E-state index in [0.29, 0.717) is 11.5 Å². The maximum atomic E-state index is 3.44. The molecule has 0 amide bonds. The molecule has 0 heterocycles. The van der Waals surface area contributed by atoms with E-state index < -0.39 is 0 Å². The molecule has 2 nitrogen and oxygen atoms in total.